The van der Waals surface area contributed by atoms with Crippen LogP contribution < -0.4 is 4.74 Å². The van der Waals surface area contributed by atoms with E-state index >= 15 is 4.39 Å². The monoisotopic (exact) mass is 499 g/mol. The molecule has 0 aromatic heterocycles. The summed E-state index contributed by atoms with van der Waals surface area (Å²) >= 11 is 0. The molecule has 0 aliphatic heterocycles. The molecule has 36 heavy (non-hydrogen) atoms. The zero-order valence-corrected chi connectivity index (χ0v) is 22.1. The molecule has 4 aliphatic carbocycles. The lowest BCUT2D eigenvalue weighted by molar-refractivity contribution is -0.0769. The van der Waals surface area contributed by atoms with Gasteiger partial charge in [0.1, 0.15) is 5.60 Å². The van der Waals surface area contributed by atoms with Gasteiger partial charge in [0.25, 0.3) is 0 Å². The van der Waals surface area contributed by atoms with Gasteiger partial charge in [0, 0.05) is 12.0 Å². The maximum Gasteiger partial charge on any atom is 0.170 e. The van der Waals surface area contributed by atoms with E-state index in [1.54, 1.807) is 6.07 Å². The van der Waals surface area contributed by atoms with Gasteiger partial charge in [-0.1, -0.05) is 50.2 Å². The van der Waals surface area contributed by atoms with Crippen LogP contribution in [0, 0.1) is 47.2 Å². The molecule has 4 aliphatic rings. The summed E-state index contributed by atoms with van der Waals surface area (Å²) in [5.74, 6) is 5.52. The number of rotatable bonds is 6. The van der Waals surface area contributed by atoms with Gasteiger partial charge in [0.05, 0.1) is 10.9 Å². The van der Waals surface area contributed by atoms with E-state index in [4.69, 9.17) is 4.74 Å². The Morgan fingerprint density at radius 2 is 1.42 bits per heavy atom. The van der Waals surface area contributed by atoms with Crippen molar-refractivity contribution in [3.63, 3.8) is 0 Å². The molecule has 4 fully saturated rings. The molecule has 3 aromatic carbocycles. The fourth-order valence-electron chi connectivity index (χ4n) is 8.94. The summed E-state index contributed by atoms with van der Waals surface area (Å²) in [7, 11) is -0.315. The van der Waals surface area contributed by atoms with Crippen LogP contribution in [0.1, 0.15) is 46.0 Å². The molecule has 186 valence electrons. The highest BCUT2D eigenvalue weighted by Crippen LogP contribution is 2.71. The van der Waals surface area contributed by atoms with Crippen molar-refractivity contribution in [1.29, 1.82) is 0 Å². The van der Waals surface area contributed by atoms with Crippen LogP contribution in [0.5, 0.6) is 5.75 Å². The van der Waals surface area contributed by atoms with Gasteiger partial charge in [0.2, 0.25) is 0 Å². The third kappa shape index (κ3) is 3.41. The van der Waals surface area contributed by atoms with Gasteiger partial charge < -0.3 is 4.74 Å². The van der Waals surface area contributed by atoms with Crippen molar-refractivity contribution in [2.45, 2.75) is 66.2 Å². The van der Waals surface area contributed by atoms with Gasteiger partial charge in [0.15, 0.2) is 26.3 Å². The Labute approximate surface area is 217 Å². The minimum atomic E-state index is -0.315. The van der Waals surface area contributed by atoms with Crippen LogP contribution in [0.15, 0.2) is 93.5 Å². The molecule has 0 radical (unpaired) electrons. The van der Waals surface area contributed by atoms with Crippen LogP contribution in [-0.4, -0.2) is 5.60 Å². The predicted octanol–water partition coefficient (Wildman–Crippen LogP) is 8.40. The van der Waals surface area contributed by atoms with Crippen molar-refractivity contribution in [2.75, 3.05) is 0 Å². The molecule has 0 spiro atoms. The minimum Gasteiger partial charge on any atom is -0.483 e. The molecule has 0 heterocycles. The highest BCUT2D eigenvalue weighted by atomic mass is 32.2. The highest BCUT2D eigenvalue weighted by Gasteiger charge is 2.68. The lowest BCUT2D eigenvalue weighted by Gasteiger charge is -2.48. The number of halogens is 1. The van der Waals surface area contributed by atoms with Gasteiger partial charge in [-0.25, -0.2) is 4.39 Å². The van der Waals surface area contributed by atoms with Crippen molar-refractivity contribution in [2.24, 2.45) is 41.4 Å². The molecular formula is C33H36FOS+. The quantitative estimate of drug-likeness (QED) is 0.244. The van der Waals surface area contributed by atoms with Gasteiger partial charge in [-0.15, -0.1) is 0 Å². The van der Waals surface area contributed by atoms with Crippen molar-refractivity contribution in [3.8, 4) is 5.75 Å². The third-order valence-corrected chi connectivity index (χ3v) is 12.4. The molecule has 7 unspecified atom stereocenters. The predicted molar refractivity (Wildman–Crippen MR) is 144 cm³/mol. The first kappa shape index (κ1) is 22.9. The number of ether oxygens (including phenoxy) is 1. The molecule has 0 amide bonds. The normalized spacial score (nSPS) is 34.0. The summed E-state index contributed by atoms with van der Waals surface area (Å²) in [4.78, 5) is 3.60. The fourth-order valence-corrected chi connectivity index (χ4v) is 11.0. The van der Waals surface area contributed by atoms with Crippen molar-refractivity contribution in [3.05, 3.63) is 84.7 Å². The van der Waals surface area contributed by atoms with E-state index in [1.165, 1.54) is 35.5 Å². The molecule has 0 N–H and O–H groups in total. The number of fused-ring (bicyclic) bond motifs is 9. The Hall–Kier alpha value is -2.26. The molecule has 3 heteroatoms. The lowest BCUT2D eigenvalue weighted by Crippen LogP contribution is -2.52. The average Bonchev–Trinajstić information content (AvgIpc) is 3.68. The second-order valence-electron chi connectivity index (χ2n) is 12.0. The van der Waals surface area contributed by atoms with Crippen LogP contribution in [0.3, 0.4) is 0 Å². The molecule has 4 saturated carbocycles. The van der Waals surface area contributed by atoms with Crippen LogP contribution in [0.2, 0.25) is 0 Å². The average molecular weight is 500 g/mol. The van der Waals surface area contributed by atoms with Crippen LogP contribution in [0.25, 0.3) is 0 Å². The Balaban J connectivity index is 1.27. The second-order valence-corrected chi connectivity index (χ2v) is 14.1. The topological polar surface area (TPSA) is 9.23 Å². The Morgan fingerprint density at radius 1 is 0.778 bits per heavy atom. The van der Waals surface area contributed by atoms with Gasteiger partial charge in [-0.05, 0) is 104 Å². The number of benzene rings is 3. The fraction of sp³-hybridized carbons (Fsp3) is 0.455. The Kier molecular flexibility index (Phi) is 5.50. The summed E-state index contributed by atoms with van der Waals surface area (Å²) in [6.07, 6.45) is 6.69. The molecule has 0 saturated heterocycles. The van der Waals surface area contributed by atoms with Gasteiger partial charge in [-0.3, -0.25) is 0 Å². The van der Waals surface area contributed by atoms with Crippen molar-refractivity contribution in [1.82, 2.24) is 0 Å². The Morgan fingerprint density at radius 3 is 2.06 bits per heavy atom. The Bertz CT molecular complexity index is 1200. The zero-order chi connectivity index (χ0) is 24.4. The number of hydrogen-bond acceptors (Lipinski definition) is 1. The van der Waals surface area contributed by atoms with E-state index in [1.807, 2.05) is 12.1 Å². The molecule has 1 nitrogen and oxygen atoms in total. The van der Waals surface area contributed by atoms with E-state index in [0.717, 1.165) is 40.9 Å². The van der Waals surface area contributed by atoms with Crippen LogP contribution in [0.4, 0.5) is 4.39 Å². The first-order valence-electron chi connectivity index (χ1n) is 13.9. The lowest BCUT2D eigenvalue weighted by atomic mass is 9.63. The van der Waals surface area contributed by atoms with E-state index in [2.05, 4.69) is 74.5 Å². The summed E-state index contributed by atoms with van der Waals surface area (Å²) in [5, 5.41) is 0. The highest BCUT2D eigenvalue weighted by molar-refractivity contribution is 7.97. The SMILES string of the molecule is CC(C)C1(Oc2cc([S+](c3ccccc3)c3ccccc3)ccc2F)CC2CC1C1C3CCC(C3)C21. The molecule has 7 atom stereocenters. The van der Waals surface area contributed by atoms with E-state index in [0.29, 0.717) is 17.6 Å². The van der Waals surface area contributed by atoms with Gasteiger partial charge in [-0.2, -0.15) is 0 Å². The van der Waals surface area contributed by atoms with E-state index < -0.39 is 0 Å². The van der Waals surface area contributed by atoms with E-state index in [9.17, 15) is 0 Å². The second kappa shape index (κ2) is 8.65. The summed E-state index contributed by atoms with van der Waals surface area (Å²) < 4.78 is 22.5. The molecular weight excluding hydrogens is 463 g/mol. The maximum absolute atomic E-state index is 15.5. The number of hydrogen-bond donors (Lipinski definition) is 0. The first-order valence-corrected chi connectivity index (χ1v) is 15.1. The molecule has 7 rings (SSSR count). The van der Waals surface area contributed by atoms with Crippen molar-refractivity contribution < 1.29 is 9.13 Å². The summed E-state index contributed by atoms with van der Waals surface area (Å²) in [6, 6.07) is 26.8. The van der Waals surface area contributed by atoms with Crippen LogP contribution >= 0.6 is 0 Å². The maximum atomic E-state index is 15.5. The largest absolute Gasteiger partial charge is 0.483 e. The smallest absolute Gasteiger partial charge is 0.170 e. The minimum absolute atomic E-state index is 0.226. The summed E-state index contributed by atoms with van der Waals surface area (Å²) in [6.45, 7) is 4.62. The summed E-state index contributed by atoms with van der Waals surface area (Å²) in [5.41, 5.74) is -0.242. The molecule has 4 bridgehead atoms. The first-order chi connectivity index (χ1) is 17.5. The van der Waals surface area contributed by atoms with Crippen molar-refractivity contribution >= 4 is 10.9 Å². The van der Waals surface area contributed by atoms with Gasteiger partial charge >= 0.3 is 0 Å². The zero-order valence-electron chi connectivity index (χ0n) is 21.3. The standard InChI is InChI=1S/C33H36FOS/c1-21(2)33(20-24-18-28(33)32-23-14-13-22(17-23)31(24)32)35-30-19-27(15-16-29(30)34)36(25-9-5-3-6-10-25)26-11-7-4-8-12-26/h3-12,15-16,19,21-24,28,31-32H,13-14,17-18,20H2,1-2H3/q+1. The third-order valence-electron chi connectivity index (χ3n) is 10.2. The molecule has 3 aromatic rings. The van der Waals surface area contributed by atoms with Crippen LogP contribution in [-0.2, 0) is 10.9 Å². The van der Waals surface area contributed by atoms with E-state index in [-0.39, 0.29) is 22.3 Å².